The first kappa shape index (κ1) is 17.4. The molecule has 1 heterocycles. The molecule has 1 N–H and O–H groups in total. The molecule has 2 aliphatic rings. The number of piperazine rings is 1. The summed E-state index contributed by atoms with van der Waals surface area (Å²) in [4.78, 5) is 18.5. The molecule has 0 bridgehead atoms. The van der Waals surface area contributed by atoms with Gasteiger partial charge in [-0.15, -0.1) is 0 Å². The maximum absolute atomic E-state index is 12.2. The number of hydrogen-bond donors (Lipinski definition) is 1. The molecule has 1 aliphatic carbocycles. The van der Waals surface area contributed by atoms with Gasteiger partial charge in [0, 0.05) is 52.7 Å². The Morgan fingerprint density at radius 3 is 2.68 bits per heavy atom. The average molecular weight is 309 g/mol. The summed E-state index contributed by atoms with van der Waals surface area (Å²) in [6.07, 6.45) is 6.90. The molecule has 0 radical (unpaired) electrons. The fraction of sp³-hybridized carbons (Fsp3) is 0.824. The number of allylic oxidation sites excluding steroid dienone is 1. The molecule has 0 aromatic carbocycles. The number of aliphatic hydroxyl groups excluding tert-OH is 1. The molecular formula is C17H31N3O2. The van der Waals surface area contributed by atoms with Crippen LogP contribution < -0.4 is 0 Å². The molecule has 22 heavy (non-hydrogen) atoms. The van der Waals surface area contributed by atoms with Crippen LogP contribution in [0.2, 0.25) is 0 Å². The van der Waals surface area contributed by atoms with Crippen molar-refractivity contribution >= 4 is 5.91 Å². The van der Waals surface area contributed by atoms with Gasteiger partial charge in [-0.3, -0.25) is 9.69 Å². The van der Waals surface area contributed by atoms with Crippen LogP contribution in [0.15, 0.2) is 11.6 Å². The Morgan fingerprint density at radius 2 is 2.05 bits per heavy atom. The van der Waals surface area contributed by atoms with E-state index in [4.69, 9.17) is 0 Å². The van der Waals surface area contributed by atoms with Gasteiger partial charge < -0.3 is 14.9 Å². The SMILES string of the molecule is CN1CCN(CC(O)CN(C)C(=O)CC2=CCCCC2)CC1. The number of aliphatic hydroxyl groups is 1. The van der Waals surface area contributed by atoms with Crippen LogP contribution >= 0.6 is 0 Å². The fourth-order valence-corrected chi connectivity index (χ4v) is 3.20. The predicted octanol–water partition coefficient (Wildman–Crippen LogP) is 0.944. The second-order valence-corrected chi connectivity index (χ2v) is 6.82. The van der Waals surface area contributed by atoms with Gasteiger partial charge >= 0.3 is 0 Å². The van der Waals surface area contributed by atoms with Crippen molar-refractivity contribution in [3.05, 3.63) is 11.6 Å². The summed E-state index contributed by atoms with van der Waals surface area (Å²) in [7, 11) is 3.93. The van der Waals surface area contributed by atoms with Gasteiger partial charge in [0.2, 0.25) is 5.91 Å². The molecule has 2 rings (SSSR count). The lowest BCUT2D eigenvalue weighted by atomic mass is 9.97. The van der Waals surface area contributed by atoms with Gasteiger partial charge in [0.1, 0.15) is 0 Å². The van der Waals surface area contributed by atoms with Crippen molar-refractivity contribution in [2.75, 3.05) is 53.4 Å². The van der Waals surface area contributed by atoms with Crippen molar-refractivity contribution < 1.29 is 9.90 Å². The van der Waals surface area contributed by atoms with Crippen LogP contribution in [-0.4, -0.2) is 85.2 Å². The first-order valence-electron chi connectivity index (χ1n) is 8.55. The highest BCUT2D eigenvalue weighted by Gasteiger charge is 2.20. The minimum absolute atomic E-state index is 0.130. The van der Waals surface area contributed by atoms with E-state index < -0.39 is 6.10 Å². The molecule has 0 aromatic heterocycles. The standard InChI is InChI=1S/C17H31N3O2/c1-18-8-10-20(11-9-18)14-16(21)13-19(2)17(22)12-15-6-4-3-5-7-15/h6,16,21H,3-5,7-14H2,1-2H3. The van der Waals surface area contributed by atoms with Gasteiger partial charge in [-0.2, -0.15) is 0 Å². The Balaban J connectivity index is 1.69. The van der Waals surface area contributed by atoms with Gasteiger partial charge in [-0.05, 0) is 32.7 Å². The zero-order chi connectivity index (χ0) is 15.9. The molecule has 1 saturated heterocycles. The second kappa shape index (κ2) is 8.65. The van der Waals surface area contributed by atoms with E-state index in [1.54, 1.807) is 11.9 Å². The van der Waals surface area contributed by atoms with Gasteiger partial charge in [-0.1, -0.05) is 11.6 Å². The molecule has 1 fully saturated rings. The summed E-state index contributed by atoms with van der Waals surface area (Å²) in [5.41, 5.74) is 1.27. The number of hydrogen-bond acceptors (Lipinski definition) is 4. The van der Waals surface area contributed by atoms with E-state index in [0.717, 1.165) is 39.0 Å². The monoisotopic (exact) mass is 309 g/mol. The Hall–Kier alpha value is -0.910. The molecule has 1 amide bonds. The summed E-state index contributed by atoms with van der Waals surface area (Å²) in [6, 6.07) is 0. The molecule has 126 valence electrons. The lowest BCUT2D eigenvalue weighted by Gasteiger charge is -2.34. The highest BCUT2D eigenvalue weighted by molar-refractivity contribution is 5.78. The minimum Gasteiger partial charge on any atom is -0.390 e. The number of rotatable bonds is 6. The molecule has 0 saturated carbocycles. The molecule has 0 spiro atoms. The van der Waals surface area contributed by atoms with Crippen molar-refractivity contribution in [3.63, 3.8) is 0 Å². The van der Waals surface area contributed by atoms with Crippen molar-refractivity contribution in [2.24, 2.45) is 0 Å². The van der Waals surface area contributed by atoms with Crippen LogP contribution in [-0.2, 0) is 4.79 Å². The highest BCUT2D eigenvalue weighted by Crippen LogP contribution is 2.20. The van der Waals surface area contributed by atoms with E-state index in [-0.39, 0.29) is 5.91 Å². The lowest BCUT2D eigenvalue weighted by Crippen LogP contribution is -2.49. The third-order valence-corrected chi connectivity index (χ3v) is 4.74. The van der Waals surface area contributed by atoms with Gasteiger partial charge in [0.05, 0.1) is 6.10 Å². The summed E-state index contributed by atoms with van der Waals surface area (Å²) in [5.74, 6) is 0.130. The zero-order valence-corrected chi connectivity index (χ0v) is 14.1. The van der Waals surface area contributed by atoms with Crippen LogP contribution in [0, 0.1) is 0 Å². The fourth-order valence-electron chi connectivity index (χ4n) is 3.20. The van der Waals surface area contributed by atoms with Crippen molar-refractivity contribution in [1.82, 2.24) is 14.7 Å². The van der Waals surface area contributed by atoms with Crippen LogP contribution in [0.5, 0.6) is 0 Å². The number of carbonyl (C=O) groups excluding carboxylic acids is 1. The predicted molar refractivity (Wildman–Crippen MR) is 88.7 cm³/mol. The van der Waals surface area contributed by atoms with Crippen molar-refractivity contribution in [3.8, 4) is 0 Å². The second-order valence-electron chi connectivity index (χ2n) is 6.82. The van der Waals surface area contributed by atoms with E-state index in [1.165, 1.54) is 18.4 Å². The smallest absolute Gasteiger partial charge is 0.226 e. The van der Waals surface area contributed by atoms with E-state index >= 15 is 0 Å². The van der Waals surface area contributed by atoms with Crippen LogP contribution in [0.4, 0.5) is 0 Å². The van der Waals surface area contributed by atoms with Crippen molar-refractivity contribution in [2.45, 2.75) is 38.2 Å². The quantitative estimate of drug-likeness (QED) is 0.742. The molecule has 5 heteroatoms. The van der Waals surface area contributed by atoms with E-state index in [2.05, 4.69) is 22.9 Å². The van der Waals surface area contributed by atoms with Crippen LogP contribution in [0.1, 0.15) is 32.1 Å². The van der Waals surface area contributed by atoms with E-state index in [9.17, 15) is 9.90 Å². The molecule has 1 unspecified atom stereocenters. The third kappa shape index (κ3) is 5.71. The Morgan fingerprint density at radius 1 is 1.32 bits per heavy atom. The van der Waals surface area contributed by atoms with Gasteiger partial charge in [0.25, 0.3) is 0 Å². The first-order valence-corrected chi connectivity index (χ1v) is 8.55. The topological polar surface area (TPSA) is 47.0 Å². The molecule has 5 nitrogen and oxygen atoms in total. The summed E-state index contributed by atoms with van der Waals surface area (Å²) >= 11 is 0. The molecule has 0 aromatic rings. The Labute approximate surface area is 134 Å². The number of β-amino-alcohol motifs (C(OH)–C–C–N with tert-alkyl or cyclic N) is 1. The maximum atomic E-state index is 12.2. The Bertz CT molecular complexity index is 389. The number of carbonyl (C=O) groups is 1. The highest BCUT2D eigenvalue weighted by atomic mass is 16.3. The van der Waals surface area contributed by atoms with E-state index in [1.807, 2.05) is 0 Å². The van der Waals surface area contributed by atoms with Gasteiger partial charge in [0.15, 0.2) is 0 Å². The number of amides is 1. The maximum Gasteiger partial charge on any atom is 0.226 e. The molecule has 1 aliphatic heterocycles. The summed E-state index contributed by atoms with van der Waals surface area (Å²) < 4.78 is 0. The third-order valence-electron chi connectivity index (χ3n) is 4.74. The number of likely N-dealkylation sites (N-methyl/N-ethyl adjacent to an activating group) is 2. The molecular weight excluding hydrogens is 278 g/mol. The summed E-state index contributed by atoms with van der Waals surface area (Å²) in [5, 5.41) is 10.2. The normalized spacial score (nSPS) is 22.2. The lowest BCUT2D eigenvalue weighted by molar-refractivity contribution is -0.130. The van der Waals surface area contributed by atoms with Crippen LogP contribution in [0.3, 0.4) is 0 Å². The first-order chi connectivity index (χ1) is 10.5. The minimum atomic E-state index is -0.460. The zero-order valence-electron chi connectivity index (χ0n) is 14.1. The largest absolute Gasteiger partial charge is 0.390 e. The number of nitrogens with zero attached hydrogens (tertiary/aromatic N) is 3. The van der Waals surface area contributed by atoms with Crippen molar-refractivity contribution in [1.29, 1.82) is 0 Å². The summed E-state index contributed by atoms with van der Waals surface area (Å²) in [6.45, 7) is 5.19. The van der Waals surface area contributed by atoms with Gasteiger partial charge in [-0.25, -0.2) is 0 Å². The Kier molecular flexibility index (Phi) is 6.86. The van der Waals surface area contributed by atoms with Crippen LogP contribution in [0.25, 0.3) is 0 Å². The molecule has 1 atom stereocenters. The van der Waals surface area contributed by atoms with E-state index in [0.29, 0.717) is 19.5 Å². The average Bonchev–Trinajstić information content (AvgIpc) is 2.50.